The second kappa shape index (κ2) is 6.78. The van der Waals surface area contributed by atoms with Crippen LogP contribution in [-0.4, -0.2) is 16.3 Å². The lowest BCUT2D eigenvalue weighted by Crippen LogP contribution is -2.24. The Hall–Kier alpha value is -0.780. The number of aromatic nitrogens is 2. The van der Waals surface area contributed by atoms with Gasteiger partial charge in [-0.1, -0.05) is 18.5 Å². The Morgan fingerprint density at radius 1 is 1.50 bits per heavy atom. The SMILES string of the molecule is CCCNC(Cc1c(Cl)c(C)nn1C)c1ccc(Br)o1. The van der Waals surface area contributed by atoms with Crippen molar-refractivity contribution in [3.05, 3.63) is 39.0 Å². The molecule has 1 atom stereocenters. The quantitative estimate of drug-likeness (QED) is 0.846. The first kappa shape index (κ1) is 15.6. The maximum atomic E-state index is 6.33. The summed E-state index contributed by atoms with van der Waals surface area (Å²) in [5.74, 6) is 0.903. The molecule has 110 valence electrons. The minimum absolute atomic E-state index is 0.0912. The molecule has 2 rings (SSSR count). The second-order valence-electron chi connectivity index (χ2n) is 4.82. The molecule has 6 heteroatoms. The van der Waals surface area contributed by atoms with Crippen LogP contribution in [0.1, 0.15) is 36.5 Å². The number of nitrogens with one attached hydrogen (secondary N) is 1. The molecule has 0 radical (unpaired) electrons. The van der Waals surface area contributed by atoms with Crippen LogP contribution in [0.25, 0.3) is 0 Å². The van der Waals surface area contributed by atoms with E-state index in [2.05, 4.69) is 33.3 Å². The van der Waals surface area contributed by atoms with E-state index in [1.165, 1.54) is 0 Å². The zero-order chi connectivity index (χ0) is 14.7. The van der Waals surface area contributed by atoms with E-state index >= 15 is 0 Å². The molecule has 2 aromatic heterocycles. The van der Waals surface area contributed by atoms with Crippen molar-refractivity contribution < 1.29 is 4.42 Å². The van der Waals surface area contributed by atoms with E-state index in [-0.39, 0.29) is 6.04 Å². The van der Waals surface area contributed by atoms with Gasteiger partial charge in [0.1, 0.15) is 5.76 Å². The number of rotatable bonds is 6. The molecule has 0 spiro atoms. The van der Waals surface area contributed by atoms with Crippen molar-refractivity contribution in [2.45, 2.75) is 32.7 Å². The van der Waals surface area contributed by atoms with Crippen molar-refractivity contribution in [3.63, 3.8) is 0 Å². The number of aryl methyl sites for hydroxylation is 2. The maximum Gasteiger partial charge on any atom is 0.169 e. The largest absolute Gasteiger partial charge is 0.453 e. The Morgan fingerprint density at radius 3 is 2.75 bits per heavy atom. The number of furan rings is 1. The highest BCUT2D eigenvalue weighted by atomic mass is 79.9. The highest BCUT2D eigenvalue weighted by Gasteiger charge is 2.20. The Labute approximate surface area is 132 Å². The average Bonchev–Trinajstić information content (AvgIpc) is 2.93. The van der Waals surface area contributed by atoms with Gasteiger partial charge in [0, 0.05) is 13.5 Å². The monoisotopic (exact) mass is 359 g/mol. The zero-order valence-electron chi connectivity index (χ0n) is 11.9. The van der Waals surface area contributed by atoms with Crippen LogP contribution < -0.4 is 5.32 Å². The van der Waals surface area contributed by atoms with Gasteiger partial charge >= 0.3 is 0 Å². The van der Waals surface area contributed by atoms with Crippen LogP contribution in [0.4, 0.5) is 0 Å². The third-order valence-corrected chi connectivity index (χ3v) is 4.16. The minimum atomic E-state index is 0.0912. The molecule has 0 bridgehead atoms. The Morgan fingerprint density at radius 2 is 2.25 bits per heavy atom. The summed E-state index contributed by atoms with van der Waals surface area (Å²) in [6.07, 6.45) is 1.81. The summed E-state index contributed by atoms with van der Waals surface area (Å²) in [4.78, 5) is 0. The van der Waals surface area contributed by atoms with Crippen molar-refractivity contribution in [3.8, 4) is 0 Å². The summed E-state index contributed by atoms with van der Waals surface area (Å²) in [5.41, 5.74) is 1.88. The third-order valence-electron chi connectivity index (χ3n) is 3.24. The molecule has 0 aliphatic heterocycles. The van der Waals surface area contributed by atoms with Crippen LogP contribution in [-0.2, 0) is 13.5 Å². The van der Waals surface area contributed by atoms with E-state index < -0.39 is 0 Å². The van der Waals surface area contributed by atoms with E-state index in [0.717, 1.165) is 46.2 Å². The maximum absolute atomic E-state index is 6.33. The van der Waals surface area contributed by atoms with Crippen molar-refractivity contribution in [2.24, 2.45) is 7.05 Å². The van der Waals surface area contributed by atoms with Crippen LogP contribution >= 0.6 is 27.5 Å². The predicted octanol–water partition coefficient (Wildman–Crippen LogP) is 4.02. The minimum Gasteiger partial charge on any atom is -0.453 e. The van der Waals surface area contributed by atoms with Gasteiger partial charge in [-0.15, -0.1) is 0 Å². The standard InChI is InChI=1S/C14H19BrClN3O/c1-4-7-17-10(12-5-6-13(15)20-12)8-11-14(16)9(2)18-19(11)3/h5-6,10,17H,4,7-8H2,1-3H3. The van der Waals surface area contributed by atoms with Crippen LogP contribution in [0.2, 0.25) is 5.02 Å². The molecule has 1 N–H and O–H groups in total. The number of hydrogen-bond acceptors (Lipinski definition) is 3. The first-order chi connectivity index (χ1) is 9.52. The fraction of sp³-hybridized carbons (Fsp3) is 0.500. The van der Waals surface area contributed by atoms with Gasteiger partial charge in [-0.25, -0.2) is 0 Å². The van der Waals surface area contributed by atoms with Crippen molar-refractivity contribution in [1.29, 1.82) is 0 Å². The molecule has 0 aliphatic rings. The summed E-state index contributed by atoms with van der Waals surface area (Å²) >= 11 is 9.68. The summed E-state index contributed by atoms with van der Waals surface area (Å²) in [6, 6.07) is 3.98. The third kappa shape index (κ3) is 3.45. The van der Waals surface area contributed by atoms with Crippen molar-refractivity contribution in [1.82, 2.24) is 15.1 Å². The van der Waals surface area contributed by atoms with Crippen LogP contribution in [0.3, 0.4) is 0 Å². The summed E-state index contributed by atoms with van der Waals surface area (Å²) in [7, 11) is 1.92. The highest BCUT2D eigenvalue weighted by molar-refractivity contribution is 9.10. The van der Waals surface area contributed by atoms with Gasteiger partial charge in [-0.3, -0.25) is 4.68 Å². The first-order valence-corrected chi connectivity index (χ1v) is 7.86. The molecule has 0 amide bonds. The van der Waals surface area contributed by atoms with Crippen LogP contribution in [0.15, 0.2) is 21.2 Å². The zero-order valence-corrected chi connectivity index (χ0v) is 14.3. The molecule has 4 nitrogen and oxygen atoms in total. The average molecular weight is 361 g/mol. The van der Waals surface area contributed by atoms with Crippen LogP contribution in [0, 0.1) is 6.92 Å². The highest BCUT2D eigenvalue weighted by Crippen LogP contribution is 2.27. The summed E-state index contributed by atoms with van der Waals surface area (Å²) in [5, 5.41) is 8.59. The van der Waals surface area contributed by atoms with Gasteiger partial charge in [0.25, 0.3) is 0 Å². The van der Waals surface area contributed by atoms with E-state index in [0.29, 0.717) is 0 Å². The molecule has 1 unspecified atom stereocenters. The van der Waals surface area contributed by atoms with Crippen molar-refractivity contribution in [2.75, 3.05) is 6.54 Å². The molecule has 0 aliphatic carbocycles. The normalized spacial score (nSPS) is 12.8. The van der Waals surface area contributed by atoms with Gasteiger partial charge in [-0.05, 0) is 48.0 Å². The van der Waals surface area contributed by atoms with E-state index in [9.17, 15) is 0 Å². The lowest BCUT2D eigenvalue weighted by atomic mass is 10.1. The molecular weight excluding hydrogens is 342 g/mol. The molecule has 0 aromatic carbocycles. The lowest BCUT2D eigenvalue weighted by Gasteiger charge is -2.16. The topological polar surface area (TPSA) is 43.0 Å². The summed E-state index contributed by atoms with van der Waals surface area (Å²) < 4.78 is 8.27. The molecule has 0 saturated carbocycles. The fourth-order valence-corrected chi connectivity index (χ4v) is 2.76. The lowest BCUT2D eigenvalue weighted by molar-refractivity contribution is 0.395. The van der Waals surface area contributed by atoms with Gasteiger partial charge in [0.15, 0.2) is 4.67 Å². The predicted molar refractivity (Wildman–Crippen MR) is 84.1 cm³/mol. The molecule has 20 heavy (non-hydrogen) atoms. The Bertz CT molecular complexity index is 579. The first-order valence-electron chi connectivity index (χ1n) is 6.69. The molecule has 2 heterocycles. The fourth-order valence-electron chi connectivity index (χ4n) is 2.20. The molecule has 0 fully saturated rings. The molecule has 2 aromatic rings. The van der Waals surface area contributed by atoms with Crippen LogP contribution in [0.5, 0.6) is 0 Å². The van der Waals surface area contributed by atoms with Crippen molar-refractivity contribution >= 4 is 27.5 Å². The van der Waals surface area contributed by atoms with E-state index in [4.69, 9.17) is 16.0 Å². The number of nitrogens with zero attached hydrogens (tertiary/aromatic N) is 2. The number of halogens is 2. The smallest absolute Gasteiger partial charge is 0.169 e. The Kier molecular flexibility index (Phi) is 5.29. The van der Waals surface area contributed by atoms with E-state index in [1.807, 2.05) is 30.8 Å². The van der Waals surface area contributed by atoms with Gasteiger partial charge in [0.2, 0.25) is 0 Å². The second-order valence-corrected chi connectivity index (χ2v) is 5.98. The Balaban J connectivity index is 2.23. The summed E-state index contributed by atoms with van der Waals surface area (Å²) in [6.45, 7) is 4.99. The molecular formula is C14H19BrClN3O. The van der Waals surface area contributed by atoms with Gasteiger partial charge in [0.05, 0.1) is 22.5 Å². The van der Waals surface area contributed by atoms with Gasteiger partial charge < -0.3 is 9.73 Å². The van der Waals surface area contributed by atoms with E-state index in [1.54, 1.807) is 0 Å². The van der Waals surface area contributed by atoms with Gasteiger partial charge in [-0.2, -0.15) is 5.10 Å². The molecule has 0 saturated heterocycles. The number of hydrogen-bond donors (Lipinski definition) is 1.